The third-order valence-electron chi connectivity index (χ3n) is 8.67. The molecule has 0 radical (unpaired) electrons. The van der Waals surface area contributed by atoms with E-state index in [-0.39, 0.29) is 22.4 Å². The van der Waals surface area contributed by atoms with Gasteiger partial charge in [0.25, 0.3) is 5.91 Å². The molecule has 0 aliphatic carbocycles. The summed E-state index contributed by atoms with van der Waals surface area (Å²) in [5, 5.41) is 3.44. The highest BCUT2D eigenvalue weighted by Gasteiger charge is 2.32. The Morgan fingerprint density at radius 2 is 1.88 bits per heavy atom. The summed E-state index contributed by atoms with van der Waals surface area (Å²) in [5.74, 6) is 0.176. The fraction of sp³-hybridized carbons (Fsp3) is 0.355. The van der Waals surface area contributed by atoms with Crippen molar-refractivity contribution in [3.8, 4) is 17.2 Å². The zero-order valence-electron chi connectivity index (χ0n) is 23.7. The maximum atomic E-state index is 16.1. The van der Waals surface area contributed by atoms with Crippen LogP contribution in [0.3, 0.4) is 0 Å². The summed E-state index contributed by atoms with van der Waals surface area (Å²) in [4.78, 5) is 42.0. The first-order chi connectivity index (χ1) is 20.9. The zero-order valence-corrected chi connectivity index (χ0v) is 24.5. The Bertz CT molecular complexity index is 1780. The summed E-state index contributed by atoms with van der Waals surface area (Å²) in [6.45, 7) is 3.62. The van der Waals surface area contributed by atoms with E-state index in [1.54, 1.807) is 41.2 Å². The second-order valence-corrected chi connectivity index (χ2v) is 11.7. The van der Waals surface area contributed by atoms with Crippen molar-refractivity contribution >= 4 is 40.0 Å². The Balaban J connectivity index is 1.26. The van der Waals surface area contributed by atoms with Crippen LogP contribution in [-0.2, 0) is 0 Å². The zero-order chi connectivity index (χ0) is 29.7. The SMILES string of the molecule is CN1CCCC1CCNC(=O)c1cn2c3c(c(N4CCN(c5ncccn5)CC4)c(F)cc3c1=O)Oc1cc(Cl)ccc1-2. The second kappa shape index (κ2) is 11.1. The van der Waals surface area contributed by atoms with Gasteiger partial charge in [0.05, 0.1) is 11.1 Å². The second-order valence-electron chi connectivity index (χ2n) is 11.2. The lowest BCUT2D eigenvalue weighted by Gasteiger charge is -2.37. The van der Waals surface area contributed by atoms with Crippen LogP contribution >= 0.6 is 11.6 Å². The van der Waals surface area contributed by atoms with Crippen molar-refractivity contribution in [1.29, 1.82) is 0 Å². The number of ether oxygens (including phenoxy) is 1. The van der Waals surface area contributed by atoms with Crippen LogP contribution in [0, 0.1) is 5.82 Å². The molecule has 5 heterocycles. The van der Waals surface area contributed by atoms with Gasteiger partial charge in [-0.25, -0.2) is 14.4 Å². The third kappa shape index (κ3) is 4.96. The lowest BCUT2D eigenvalue weighted by Crippen LogP contribution is -2.47. The van der Waals surface area contributed by atoms with Crippen LogP contribution in [0.2, 0.25) is 5.02 Å². The van der Waals surface area contributed by atoms with Crippen LogP contribution in [0.1, 0.15) is 29.6 Å². The van der Waals surface area contributed by atoms with Crippen molar-refractivity contribution in [3.05, 3.63) is 75.5 Å². The standard InChI is InChI=1S/C31H31ClFN7O3/c1-37-11-2-4-20(37)7-10-34-30(42)22-18-40-24-6-5-19(32)16-25(24)43-29-26(40)21(28(22)41)17-23(33)27(29)38-12-14-39(15-13-38)31-35-8-3-9-36-31/h3,5-6,8-9,16-18,20H,2,4,7,10-15H2,1H3,(H,34,42). The van der Waals surface area contributed by atoms with Crippen LogP contribution in [0.25, 0.3) is 16.6 Å². The number of aromatic nitrogens is 3. The highest BCUT2D eigenvalue weighted by molar-refractivity contribution is 6.30. The molecular weight excluding hydrogens is 573 g/mol. The average molecular weight is 604 g/mol. The average Bonchev–Trinajstić information content (AvgIpc) is 3.43. The van der Waals surface area contributed by atoms with Gasteiger partial charge in [-0.1, -0.05) is 11.6 Å². The highest BCUT2D eigenvalue weighted by Crippen LogP contribution is 2.47. The smallest absolute Gasteiger partial charge is 0.256 e. The Morgan fingerprint density at radius 1 is 1.12 bits per heavy atom. The molecule has 0 bridgehead atoms. The molecule has 2 fully saturated rings. The summed E-state index contributed by atoms with van der Waals surface area (Å²) in [6.07, 6.45) is 7.95. The Labute approximate surface area is 252 Å². The highest BCUT2D eigenvalue weighted by atomic mass is 35.5. The van der Waals surface area contributed by atoms with Gasteiger partial charge in [0.1, 0.15) is 16.8 Å². The van der Waals surface area contributed by atoms with Gasteiger partial charge < -0.3 is 29.3 Å². The molecule has 2 aromatic heterocycles. The van der Waals surface area contributed by atoms with Gasteiger partial charge in [-0.15, -0.1) is 0 Å². The van der Waals surface area contributed by atoms with Gasteiger partial charge in [-0.2, -0.15) is 0 Å². The number of amides is 1. The normalized spacial score (nSPS) is 18.1. The maximum absolute atomic E-state index is 16.1. The molecule has 1 atom stereocenters. The van der Waals surface area contributed by atoms with E-state index in [9.17, 15) is 9.59 Å². The van der Waals surface area contributed by atoms with E-state index < -0.39 is 17.2 Å². The number of nitrogens with zero attached hydrogens (tertiary/aromatic N) is 6. The molecule has 3 aliphatic heterocycles. The van der Waals surface area contributed by atoms with Crippen LogP contribution in [-0.4, -0.2) is 77.7 Å². The predicted octanol–water partition coefficient (Wildman–Crippen LogP) is 4.22. The molecule has 2 saturated heterocycles. The van der Waals surface area contributed by atoms with Crippen LogP contribution in [0.5, 0.6) is 11.5 Å². The fourth-order valence-corrected chi connectivity index (χ4v) is 6.58. The molecule has 0 saturated carbocycles. The molecule has 222 valence electrons. The molecule has 0 spiro atoms. The summed E-state index contributed by atoms with van der Waals surface area (Å²) in [7, 11) is 2.09. The molecule has 10 nitrogen and oxygen atoms in total. The van der Waals surface area contributed by atoms with Crippen LogP contribution < -0.4 is 25.3 Å². The van der Waals surface area contributed by atoms with E-state index >= 15 is 4.39 Å². The summed E-state index contributed by atoms with van der Waals surface area (Å²) >= 11 is 6.32. The number of halogens is 2. The molecule has 7 rings (SSSR count). The van der Waals surface area contributed by atoms with E-state index in [0.717, 1.165) is 25.8 Å². The first-order valence-electron chi connectivity index (χ1n) is 14.5. The minimum atomic E-state index is -0.595. The minimum Gasteiger partial charge on any atom is -0.451 e. The van der Waals surface area contributed by atoms with E-state index in [2.05, 4.69) is 27.2 Å². The van der Waals surface area contributed by atoms with E-state index in [1.165, 1.54) is 12.3 Å². The van der Waals surface area contributed by atoms with Gasteiger partial charge >= 0.3 is 0 Å². The molecule has 12 heteroatoms. The number of pyridine rings is 1. The van der Waals surface area contributed by atoms with Crippen molar-refractivity contribution in [2.75, 3.05) is 56.1 Å². The van der Waals surface area contributed by atoms with Gasteiger partial charge in [0, 0.05) is 68.4 Å². The molecule has 1 N–H and O–H groups in total. The quantitative estimate of drug-likeness (QED) is 0.308. The van der Waals surface area contributed by atoms with Crippen molar-refractivity contribution in [1.82, 2.24) is 24.8 Å². The number of carbonyl (C=O) groups excluding carboxylic acids is 1. The van der Waals surface area contributed by atoms with Gasteiger partial charge in [-0.3, -0.25) is 9.59 Å². The monoisotopic (exact) mass is 603 g/mol. The minimum absolute atomic E-state index is 0.0512. The fourth-order valence-electron chi connectivity index (χ4n) is 6.41. The number of hydrogen-bond acceptors (Lipinski definition) is 8. The predicted molar refractivity (Wildman–Crippen MR) is 164 cm³/mol. The van der Waals surface area contributed by atoms with E-state index in [4.69, 9.17) is 16.3 Å². The number of nitrogens with one attached hydrogen (secondary N) is 1. The summed E-state index contributed by atoms with van der Waals surface area (Å²) < 4.78 is 24.1. The number of hydrogen-bond donors (Lipinski definition) is 1. The van der Waals surface area contributed by atoms with Crippen LogP contribution in [0.15, 0.2) is 53.7 Å². The number of likely N-dealkylation sites (tertiary alicyclic amines) is 1. The number of fused-ring (bicyclic) bond motifs is 2. The first-order valence-corrected chi connectivity index (χ1v) is 14.9. The largest absolute Gasteiger partial charge is 0.451 e. The maximum Gasteiger partial charge on any atom is 0.256 e. The summed E-state index contributed by atoms with van der Waals surface area (Å²) in [5.41, 5.74) is 0.684. The lowest BCUT2D eigenvalue weighted by atomic mass is 10.0. The van der Waals surface area contributed by atoms with Crippen molar-refractivity contribution in [3.63, 3.8) is 0 Å². The molecule has 1 unspecified atom stereocenters. The van der Waals surface area contributed by atoms with E-state index in [0.29, 0.717) is 66.7 Å². The molecule has 4 aromatic rings. The molecule has 1 amide bonds. The van der Waals surface area contributed by atoms with Gasteiger partial charge in [-0.05, 0) is 57.1 Å². The van der Waals surface area contributed by atoms with Crippen molar-refractivity contribution in [2.24, 2.45) is 0 Å². The van der Waals surface area contributed by atoms with Gasteiger partial charge in [0.2, 0.25) is 11.4 Å². The van der Waals surface area contributed by atoms with E-state index in [1.807, 2.05) is 9.80 Å². The first kappa shape index (κ1) is 27.6. The van der Waals surface area contributed by atoms with Gasteiger partial charge in [0.15, 0.2) is 17.3 Å². The number of anilines is 2. The number of benzene rings is 2. The van der Waals surface area contributed by atoms with Crippen LogP contribution in [0.4, 0.5) is 16.0 Å². The van der Waals surface area contributed by atoms with Crippen molar-refractivity contribution in [2.45, 2.75) is 25.3 Å². The lowest BCUT2D eigenvalue weighted by molar-refractivity contribution is 0.0949. The molecule has 43 heavy (non-hydrogen) atoms. The summed E-state index contributed by atoms with van der Waals surface area (Å²) in [6, 6.07) is 8.54. The Kier molecular flexibility index (Phi) is 7.14. The topological polar surface area (TPSA) is 95.8 Å². The molecule has 3 aliphatic rings. The Hall–Kier alpha value is -4.22. The van der Waals surface area contributed by atoms with Crippen molar-refractivity contribution < 1.29 is 13.9 Å². The molecular formula is C31H31ClFN7O3. The number of rotatable bonds is 6. The number of carbonyl (C=O) groups is 1. The molecule has 2 aromatic carbocycles. The third-order valence-corrected chi connectivity index (χ3v) is 8.91. The Morgan fingerprint density at radius 3 is 2.63 bits per heavy atom. The number of piperazine rings is 1.